The van der Waals surface area contributed by atoms with Crippen molar-refractivity contribution in [1.29, 1.82) is 0 Å². The van der Waals surface area contributed by atoms with Crippen LogP contribution in [0.25, 0.3) is 0 Å². The predicted octanol–water partition coefficient (Wildman–Crippen LogP) is 0.875. The SMILES string of the molecule is COc1ncc(CC(=O)O)c(Br)n1. The van der Waals surface area contributed by atoms with Gasteiger partial charge >= 0.3 is 12.0 Å². The molecule has 13 heavy (non-hydrogen) atoms. The normalized spacial score (nSPS) is 9.69. The van der Waals surface area contributed by atoms with Crippen molar-refractivity contribution in [3.8, 4) is 6.01 Å². The summed E-state index contributed by atoms with van der Waals surface area (Å²) in [5.74, 6) is -0.922. The number of nitrogens with zero attached hydrogens (tertiary/aromatic N) is 2. The third-order valence-corrected chi connectivity index (χ3v) is 2.00. The summed E-state index contributed by atoms with van der Waals surface area (Å²) >= 11 is 3.12. The van der Waals surface area contributed by atoms with E-state index in [0.717, 1.165) is 0 Å². The summed E-state index contributed by atoms with van der Waals surface area (Å²) in [5, 5.41) is 8.51. The molecule has 0 aliphatic carbocycles. The number of carbonyl (C=O) groups is 1. The highest BCUT2D eigenvalue weighted by Crippen LogP contribution is 2.15. The third kappa shape index (κ3) is 2.66. The van der Waals surface area contributed by atoms with E-state index in [9.17, 15) is 4.79 Å². The highest BCUT2D eigenvalue weighted by atomic mass is 79.9. The van der Waals surface area contributed by atoms with Gasteiger partial charge in [-0.05, 0) is 15.9 Å². The third-order valence-electron chi connectivity index (χ3n) is 1.31. The molecular formula is C7H7BrN2O3. The summed E-state index contributed by atoms with van der Waals surface area (Å²) in [6, 6.07) is 0.209. The first-order chi connectivity index (χ1) is 6.13. The molecule has 1 aromatic heterocycles. The van der Waals surface area contributed by atoms with Crippen LogP contribution in [0.2, 0.25) is 0 Å². The van der Waals surface area contributed by atoms with Gasteiger partial charge in [0.05, 0.1) is 13.5 Å². The van der Waals surface area contributed by atoms with Gasteiger partial charge in [-0.25, -0.2) is 4.98 Å². The van der Waals surface area contributed by atoms with Crippen LogP contribution in [0.15, 0.2) is 10.8 Å². The highest BCUT2D eigenvalue weighted by molar-refractivity contribution is 9.10. The zero-order valence-electron chi connectivity index (χ0n) is 6.82. The standard InChI is InChI=1S/C7H7BrN2O3/c1-13-7-9-3-4(2-5(11)12)6(8)10-7/h3H,2H2,1H3,(H,11,12). The van der Waals surface area contributed by atoms with Gasteiger partial charge in [0.1, 0.15) is 4.60 Å². The quantitative estimate of drug-likeness (QED) is 0.802. The molecule has 0 unspecified atom stereocenters. The molecular weight excluding hydrogens is 240 g/mol. The van der Waals surface area contributed by atoms with Crippen molar-refractivity contribution in [3.05, 3.63) is 16.4 Å². The van der Waals surface area contributed by atoms with E-state index < -0.39 is 5.97 Å². The topological polar surface area (TPSA) is 72.3 Å². The molecule has 0 spiro atoms. The zero-order valence-corrected chi connectivity index (χ0v) is 8.41. The smallest absolute Gasteiger partial charge is 0.317 e. The Hall–Kier alpha value is -1.17. The Labute approximate surface area is 82.9 Å². The van der Waals surface area contributed by atoms with Crippen molar-refractivity contribution < 1.29 is 14.6 Å². The fourth-order valence-electron chi connectivity index (χ4n) is 0.751. The van der Waals surface area contributed by atoms with Crippen molar-refractivity contribution in [3.63, 3.8) is 0 Å². The lowest BCUT2D eigenvalue weighted by Gasteiger charge is -2.01. The van der Waals surface area contributed by atoms with Crippen LogP contribution in [0, 0.1) is 0 Å². The summed E-state index contributed by atoms with van der Waals surface area (Å²) < 4.78 is 5.20. The molecule has 0 fully saturated rings. The summed E-state index contributed by atoms with van der Waals surface area (Å²) in [4.78, 5) is 18.0. The lowest BCUT2D eigenvalue weighted by Crippen LogP contribution is -2.03. The van der Waals surface area contributed by atoms with Crippen molar-refractivity contribution in [2.24, 2.45) is 0 Å². The van der Waals surface area contributed by atoms with Crippen LogP contribution in [0.3, 0.4) is 0 Å². The molecule has 1 N–H and O–H groups in total. The molecule has 0 aliphatic heterocycles. The number of methoxy groups -OCH3 is 1. The van der Waals surface area contributed by atoms with Gasteiger partial charge in [0, 0.05) is 11.8 Å². The van der Waals surface area contributed by atoms with Gasteiger partial charge < -0.3 is 9.84 Å². The number of hydrogen-bond donors (Lipinski definition) is 1. The molecule has 6 heteroatoms. The van der Waals surface area contributed by atoms with Crippen molar-refractivity contribution in [2.45, 2.75) is 6.42 Å². The number of carboxylic acids is 1. The minimum Gasteiger partial charge on any atom is -0.481 e. The second-order valence-electron chi connectivity index (χ2n) is 2.24. The van der Waals surface area contributed by atoms with Gasteiger partial charge in [0.2, 0.25) is 0 Å². The van der Waals surface area contributed by atoms with Crippen LogP contribution in [0.4, 0.5) is 0 Å². The minimum absolute atomic E-state index is 0.107. The molecule has 1 rings (SSSR count). The summed E-state index contributed by atoms with van der Waals surface area (Å²) in [5.41, 5.74) is 0.522. The maximum absolute atomic E-state index is 10.4. The lowest BCUT2D eigenvalue weighted by atomic mass is 10.2. The first kappa shape index (κ1) is 9.91. The Balaban J connectivity index is 2.91. The maximum atomic E-state index is 10.4. The van der Waals surface area contributed by atoms with Crippen LogP contribution in [0.1, 0.15) is 5.56 Å². The predicted molar refractivity (Wildman–Crippen MR) is 47.6 cm³/mol. The van der Waals surface area contributed by atoms with Gasteiger partial charge in [-0.15, -0.1) is 0 Å². The fraction of sp³-hybridized carbons (Fsp3) is 0.286. The van der Waals surface area contributed by atoms with Crippen molar-refractivity contribution >= 4 is 21.9 Å². The van der Waals surface area contributed by atoms with Crippen molar-refractivity contribution in [2.75, 3.05) is 7.11 Å². The summed E-state index contributed by atoms with van der Waals surface area (Å²) in [7, 11) is 1.44. The van der Waals surface area contributed by atoms with E-state index in [4.69, 9.17) is 9.84 Å². The largest absolute Gasteiger partial charge is 0.481 e. The van der Waals surface area contributed by atoms with Crippen LogP contribution in [-0.2, 0) is 11.2 Å². The Morgan fingerprint density at radius 1 is 1.77 bits per heavy atom. The number of rotatable bonds is 3. The Morgan fingerprint density at radius 2 is 2.46 bits per heavy atom. The number of aliphatic carboxylic acids is 1. The molecule has 5 nitrogen and oxygen atoms in total. The van der Waals surface area contributed by atoms with E-state index in [-0.39, 0.29) is 12.4 Å². The summed E-state index contributed by atoms with van der Waals surface area (Å²) in [6.07, 6.45) is 1.31. The first-order valence-corrected chi connectivity index (χ1v) is 4.20. The highest BCUT2D eigenvalue weighted by Gasteiger charge is 2.08. The van der Waals surface area contributed by atoms with Crippen LogP contribution in [-0.4, -0.2) is 28.2 Å². The monoisotopic (exact) mass is 246 g/mol. The second-order valence-corrected chi connectivity index (χ2v) is 2.99. The molecule has 0 aromatic carbocycles. The maximum Gasteiger partial charge on any atom is 0.317 e. The number of ether oxygens (including phenoxy) is 1. The molecule has 0 atom stereocenters. The zero-order chi connectivity index (χ0) is 9.84. The Kier molecular flexibility index (Phi) is 3.18. The van der Waals surface area contributed by atoms with E-state index in [0.29, 0.717) is 10.2 Å². The van der Waals surface area contributed by atoms with Crippen LogP contribution < -0.4 is 4.74 Å². The van der Waals surface area contributed by atoms with Crippen molar-refractivity contribution in [1.82, 2.24) is 9.97 Å². The molecule has 0 saturated heterocycles. The molecule has 70 valence electrons. The molecule has 0 amide bonds. The lowest BCUT2D eigenvalue weighted by molar-refractivity contribution is -0.136. The van der Waals surface area contributed by atoms with Gasteiger partial charge in [-0.2, -0.15) is 4.98 Å². The first-order valence-electron chi connectivity index (χ1n) is 3.40. The summed E-state index contributed by atoms with van der Waals surface area (Å²) in [6.45, 7) is 0. The van der Waals surface area contributed by atoms with Crippen LogP contribution >= 0.6 is 15.9 Å². The number of carboxylic acid groups (broad SMARTS) is 1. The molecule has 0 saturated carbocycles. The van der Waals surface area contributed by atoms with E-state index in [2.05, 4.69) is 25.9 Å². The Bertz CT molecular complexity index is 330. The fourth-order valence-corrected chi connectivity index (χ4v) is 1.15. The molecule has 0 radical (unpaired) electrons. The van der Waals surface area contributed by atoms with Gasteiger partial charge in [-0.1, -0.05) is 0 Å². The van der Waals surface area contributed by atoms with E-state index in [1.54, 1.807) is 0 Å². The van der Waals surface area contributed by atoms with E-state index in [1.807, 2.05) is 0 Å². The van der Waals surface area contributed by atoms with Gasteiger partial charge in [-0.3, -0.25) is 4.79 Å². The van der Waals surface area contributed by atoms with Crippen LogP contribution in [0.5, 0.6) is 6.01 Å². The molecule has 1 heterocycles. The van der Waals surface area contributed by atoms with E-state index >= 15 is 0 Å². The molecule has 1 aromatic rings. The van der Waals surface area contributed by atoms with Gasteiger partial charge in [0.25, 0.3) is 0 Å². The number of hydrogen-bond acceptors (Lipinski definition) is 4. The average Bonchev–Trinajstić information content (AvgIpc) is 2.08. The minimum atomic E-state index is -0.922. The second kappa shape index (κ2) is 4.18. The van der Waals surface area contributed by atoms with Gasteiger partial charge in [0.15, 0.2) is 0 Å². The number of halogens is 1. The average molecular weight is 247 g/mol. The van der Waals surface area contributed by atoms with E-state index in [1.165, 1.54) is 13.3 Å². The molecule has 0 aliphatic rings. The number of aromatic nitrogens is 2. The molecule has 0 bridgehead atoms. The Morgan fingerprint density at radius 3 is 2.92 bits per heavy atom.